The fourth-order valence-corrected chi connectivity index (χ4v) is 5.16. The topological polar surface area (TPSA) is 63.2 Å². The molecule has 0 saturated carbocycles. The summed E-state index contributed by atoms with van der Waals surface area (Å²) in [5.74, 6) is 3.53. The van der Waals surface area contributed by atoms with Crippen LogP contribution in [0.25, 0.3) is 0 Å². The Kier molecular flexibility index (Phi) is 16.0. The molecule has 0 spiro atoms. The van der Waals surface area contributed by atoms with Gasteiger partial charge in [0.25, 0.3) is 0 Å². The van der Waals surface area contributed by atoms with Gasteiger partial charge in [-0.3, -0.25) is 0 Å². The highest BCUT2D eigenvalue weighted by molar-refractivity contribution is 7.16. The summed E-state index contributed by atoms with van der Waals surface area (Å²) in [6, 6.07) is 18.5. The normalized spacial score (nSPS) is 12.4. The number of ether oxygens (including phenoxy) is 3. The molecule has 0 amide bonds. The Morgan fingerprint density at radius 3 is 1.75 bits per heavy atom. The Morgan fingerprint density at radius 1 is 0.682 bits per heavy atom. The van der Waals surface area contributed by atoms with Crippen molar-refractivity contribution >= 4 is 24.4 Å². The predicted molar refractivity (Wildman–Crippen MR) is 185 cm³/mol. The SMILES string of the molecule is Cc1c(OOCc2ccc(OCCC(C)CCCP)cc2)ccc(C(=O)Oc2ccc(OCCC(C)CCCP)cc2)c1C. The van der Waals surface area contributed by atoms with Crippen molar-refractivity contribution in [3.05, 3.63) is 82.9 Å². The molecular weight excluding hydrogens is 590 g/mol. The van der Waals surface area contributed by atoms with Crippen LogP contribution < -0.4 is 19.1 Å². The van der Waals surface area contributed by atoms with Crippen LogP contribution >= 0.6 is 18.5 Å². The van der Waals surface area contributed by atoms with Gasteiger partial charge < -0.3 is 19.1 Å². The molecule has 0 saturated heterocycles. The molecule has 0 aromatic heterocycles. The summed E-state index contributed by atoms with van der Waals surface area (Å²) in [6.45, 7) is 9.98. The molecule has 0 heterocycles. The number of esters is 1. The first-order valence-electron chi connectivity index (χ1n) is 15.8. The van der Waals surface area contributed by atoms with Crippen molar-refractivity contribution in [2.45, 2.75) is 72.8 Å². The van der Waals surface area contributed by atoms with Crippen LogP contribution in [0.4, 0.5) is 0 Å². The molecule has 3 aromatic rings. The summed E-state index contributed by atoms with van der Waals surface area (Å²) < 4.78 is 17.4. The highest BCUT2D eigenvalue weighted by atomic mass is 31.0. The first-order chi connectivity index (χ1) is 21.3. The van der Waals surface area contributed by atoms with E-state index in [1.54, 1.807) is 24.3 Å². The number of benzene rings is 3. The summed E-state index contributed by atoms with van der Waals surface area (Å²) >= 11 is 0. The van der Waals surface area contributed by atoms with Gasteiger partial charge in [0.15, 0.2) is 5.75 Å². The van der Waals surface area contributed by atoms with Crippen molar-refractivity contribution in [2.75, 3.05) is 25.5 Å². The van der Waals surface area contributed by atoms with Crippen LogP contribution in [0.15, 0.2) is 60.7 Å². The van der Waals surface area contributed by atoms with Crippen molar-refractivity contribution in [3.8, 4) is 23.0 Å². The fourth-order valence-electron chi connectivity index (χ4n) is 4.69. The second-order valence-electron chi connectivity index (χ2n) is 11.6. The third-order valence-corrected chi connectivity index (χ3v) is 8.67. The van der Waals surface area contributed by atoms with Crippen LogP contribution in [0.1, 0.15) is 79.4 Å². The van der Waals surface area contributed by atoms with Crippen molar-refractivity contribution in [3.63, 3.8) is 0 Å². The van der Waals surface area contributed by atoms with Gasteiger partial charge in [0.2, 0.25) is 0 Å². The number of hydrogen-bond acceptors (Lipinski definition) is 6. The van der Waals surface area contributed by atoms with Gasteiger partial charge in [0.05, 0.1) is 18.8 Å². The summed E-state index contributed by atoms with van der Waals surface area (Å²) in [4.78, 5) is 24.1. The van der Waals surface area contributed by atoms with E-state index in [-0.39, 0.29) is 6.61 Å². The minimum atomic E-state index is -0.425. The van der Waals surface area contributed by atoms with Crippen LogP contribution in [-0.4, -0.2) is 31.5 Å². The minimum absolute atomic E-state index is 0.283. The molecule has 8 heteroatoms. The lowest BCUT2D eigenvalue weighted by atomic mass is 10.0. The Bertz CT molecular complexity index is 1260. The van der Waals surface area contributed by atoms with E-state index < -0.39 is 5.97 Å². The van der Waals surface area contributed by atoms with Crippen molar-refractivity contribution in [1.29, 1.82) is 0 Å². The van der Waals surface area contributed by atoms with Crippen LogP contribution in [0, 0.1) is 25.7 Å². The first kappa shape index (κ1) is 35.8. The summed E-state index contributed by atoms with van der Waals surface area (Å²) in [6.07, 6.45) is 9.28. The lowest BCUT2D eigenvalue weighted by Crippen LogP contribution is -2.12. The number of carbonyl (C=O) groups is 1. The van der Waals surface area contributed by atoms with Crippen LogP contribution in [0.3, 0.4) is 0 Å². The Balaban J connectivity index is 1.43. The molecule has 6 nitrogen and oxygen atoms in total. The third-order valence-electron chi connectivity index (χ3n) is 7.85. The number of carbonyl (C=O) groups excluding carboxylic acids is 1. The maximum absolute atomic E-state index is 12.9. The van der Waals surface area contributed by atoms with Crippen molar-refractivity contribution < 1.29 is 28.8 Å². The van der Waals surface area contributed by atoms with Gasteiger partial charge in [0, 0.05) is 0 Å². The Hall–Kier alpha value is -2.65. The van der Waals surface area contributed by atoms with E-state index in [0.717, 1.165) is 60.0 Å². The molecule has 44 heavy (non-hydrogen) atoms. The second kappa shape index (κ2) is 19.7. The van der Waals surface area contributed by atoms with Gasteiger partial charge in [-0.25, -0.2) is 4.79 Å². The summed E-state index contributed by atoms with van der Waals surface area (Å²) in [5.41, 5.74) is 3.03. The van der Waals surface area contributed by atoms with Gasteiger partial charge >= 0.3 is 5.97 Å². The van der Waals surface area contributed by atoms with Gasteiger partial charge in [0.1, 0.15) is 23.9 Å². The molecule has 3 aromatic carbocycles. The molecule has 0 aliphatic heterocycles. The van der Waals surface area contributed by atoms with Crippen molar-refractivity contribution in [2.24, 2.45) is 11.8 Å². The molecule has 4 unspecified atom stereocenters. The fraction of sp³-hybridized carbons (Fsp3) is 0.472. The zero-order valence-corrected chi connectivity index (χ0v) is 29.1. The molecule has 0 fully saturated rings. The van der Waals surface area contributed by atoms with Crippen LogP contribution in [-0.2, 0) is 11.5 Å². The van der Waals surface area contributed by atoms with E-state index in [4.69, 9.17) is 24.0 Å². The van der Waals surface area contributed by atoms with Crippen LogP contribution in [0.2, 0.25) is 0 Å². The molecule has 0 aliphatic carbocycles. The quantitative estimate of drug-likeness (QED) is 0.0404. The molecule has 240 valence electrons. The summed E-state index contributed by atoms with van der Waals surface area (Å²) in [5, 5.41) is 0. The molecule has 0 N–H and O–H groups in total. The smallest absolute Gasteiger partial charge is 0.343 e. The van der Waals surface area contributed by atoms with Gasteiger partial charge in [-0.1, -0.05) is 38.8 Å². The molecule has 3 rings (SSSR count). The zero-order valence-electron chi connectivity index (χ0n) is 26.8. The average molecular weight is 641 g/mol. The first-order valence-corrected chi connectivity index (χ1v) is 17.4. The Labute approximate surface area is 268 Å². The zero-order chi connectivity index (χ0) is 31.7. The van der Waals surface area contributed by atoms with E-state index in [2.05, 4.69) is 32.3 Å². The maximum atomic E-state index is 12.9. The van der Waals surface area contributed by atoms with E-state index in [1.165, 1.54) is 25.7 Å². The highest BCUT2D eigenvalue weighted by Gasteiger charge is 2.17. The van der Waals surface area contributed by atoms with E-state index in [0.29, 0.717) is 35.5 Å². The molecule has 0 bridgehead atoms. The maximum Gasteiger partial charge on any atom is 0.343 e. The van der Waals surface area contributed by atoms with E-state index in [1.807, 2.05) is 50.2 Å². The Morgan fingerprint density at radius 2 is 1.20 bits per heavy atom. The third kappa shape index (κ3) is 12.4. The largest absolute Gasteiger partial charge is 0.494 e. The second-order valence-corrected chi connectivity index (χ2v) is 12.7. The molecular formula is C36H50O6P2. The molecule has 4 atom stereocenters. The van der Waals surface area contributed by atoms with Gasteiger partial charge in [-0.15, -0.1) is 18.5 Å². The van der Waals surface area contributed by atoms with E-state index >= 15 is 0 Å². The summed E-state index contributed by atoms with van der Waals surface area (Å²) in [7, 11) is 5.57. The predicted octanol–water partition coefficient (Wildman–Crippen LogP) is 9.15. The standard InChI is InChI=1S/C36H50O6P2/c1-26(7-5-23-43)19-21-38-31-11-9-30(10-12-31)25-40-42-35-18-17-34(28(3)29(35)4)36(37)41-33-15-13-32(14-16-33)39-22-20-27(2)8-6-24-44/h9-18,26-27H,5-8,19-25,43-44H2,1-4H3. The van der Waals surface area contributed by atoms with Crippen LogP contribution in [0.5, 0.6) is 23.0 Å². The molecule has 0 radical (unpaired) electrons. The number of hydrogen-bond donors (Lipinski definition) is 0. The number of rotatable bonds is 20. The van der Waals surface area contributed by atoms with E-state index in [9.17, 15) is 4.79 Å². The highest BCUT2D eigenvalue weighted by Crippen LogP contribution is 2.27. The minimum Gasteiger partial charge on any atom is -0.494 e. The molecule has 0 aliphatic rings. The van der Waals surface area contributed by atoms with Crippen molar-refractivity contribution in [1.82, 2.24) is 0 Å². The monoisotopic (exact) mass is 640 g/mol. The average Bonchev–Trinajstić information content (AvgIpc) is 3.02. The van der Waals surface area contributed by atoms with Gasteiger partial charge in [-0.2, -0.15) is 4.89 Å². The van der Waals surface area contributed by atoms with Gasteiger partial charge in [-0.05, 0) is 129 Å². The lowest BCUT2D eigenvalue weighted by molar-refractivity contribution is -0.218. The lowest BCUT2D eigenvalue weighted by Gasteiger charge is -2.14.